The van der Waals surface area contributed by atoms with Crippen LogP contribution in [0.25, 0.3) is 0 Å². The van der Waals surface area contributed by atoms with E-state index >= 15 is 0 Å². The van der Waals surface area contributed by atoms with Crippen molar-refractivity contribution in [2.45, 2.75) is 22.0 Å². The van der Waals surface area contributed by atoms with E-state index in [2.05, 4.69) is 15.9 Å². The van der Waals surface area contributed by atoms with Crippen LogP contribution in [-0.4, -0.2) is 4.21 Å². The summed E-state index contributed by atoms with van der Waals surface area (Å²) in [6.45, 7) is 2.03. The topological polar surface area (TPSA) is 17.1 Å². The van der Waals surface area contributed by atoms with Gasteiger partial charge in [-0.2, -0.15) is 0 Å². The number of hydrogen-bond acceptors (Lipinski definition) is 1. The van der Waals surface area contributed by atoms with E-state index in [9.17, 15) is 4.21 Å². The van der Waals surface area contributed by atoms with Crippen LogP contribution < -0.4 is 0 Å². The molecule has 1 nitrogen and oxygen atoms in total. The van der Waals surface area contributed by atoms with Gasteiger partial charge in [-0.15, -0.1) is 0 Å². The first-order chi connectivity index (χ1) is 8.22. The number of alkyl halides is 1. The highest BCUT2D eigenvalue weighted by atomic mass is 79.9. The van der Waals surface area contributed by atoms with E-state index < -0.39 is 10.8 Å². The van der Waals surface area contributed by atoms with Gasteiger partial charge in [-0.3, -0.25) is 0 Å². The van der Waals surface area contributed by atoms with Gasteiger partial charge in [-0.1, -0.05) is 51.8 Å². The zero-order valence-corrected chi connectivity index (χ0v) is 11.9. The molecule has 3 heteroatoms. The van der Waals surface area contributed by atoms with Gasteiger partial charge in [0.25, 0.3) is 0 Å². The predicted molar refractivity (Wildman–Crippen MR) is 74.9 cm³/mol. The van der Waals surface area contributed by atoms with E-state index in [1.807, 2.05) is 55.5 Å². The molecule has 0 aliphatic heterocycles. The lowest BCUT2D eigenvalue weighted by atomic mass is 10.2. The number of hydrogen-bond donors (Lipinski definition) is 0. The standard InChI is InChI=1S/C14H13BrOS/c1-11-6-8-13(9-7-11)17(16)14-5-3-2-4-12(14)10-15/h2-9H,10H2,1H3. The maximum absolute atomic E-state index is 12.4. The Kier molecular flexibility index (Phi) is 4.13. The Labute approximate surface area is 112 Å². The third kappa shape index (κ3) is 2.85. The van der Waals surface area contributed by atoms with Crippen LogP contribution in [0.3, 0.4) is 0 Å². The molecule has 0 aliphatic rings. The molecule has 0 radical (unpaired) electrons. The number of rotatable bonds is 3. The lowest BCUT2D eigenvalue weighted by Gasteiger charge is -2.07. The van der Waals surface area contributed by atoms with E-state index in [0.717, 1.165) is 20.7 Å². The molecular weight excluding hydrogens is 296 g/mol. The molecule has 0 aliphatic carbocycles. The smallest absolute Gasteiger partial charge is 0.0852 e. The first-order valence-corrected chi connectivity index (χ1v) is 7.62. The van der Waals surface area contributed by atoms with Gasteiger partial charge in [0.15, 0.2) is 0 Å². The fourth-order valence-electron chi connectivity index (χ4n) is 1.58. The fourth-order valence-corrected chi connectivity index (χ4v) is 3.48. The normalized spacial score (nSPS) is 12.4. The molecule has 0 bridgehead atoms. The average molecular weight is 309 g/mol. The van der Waals surface area contributed by atoms with Gasteiger partial charge in [0.1, 0.15) is 0 Å². The van der Waals surface area contributed by atoms with Crippen LogP contribution in [0.5, 0.6) is 0 Å². The lowest BCUT2D eigenvalue weighted by molar-refractivity contribution is 0.682. The number of halogens is 1. The number of aryl methyl sites for hydroxylation is 1. The highest BCUT2D eigenvalue weighted by Crippen LogP contribution is 2.22. The molecule has 0 aromatic heterocycles. The van der Waals surface area contributed by atoms with Gasteiger partial charge >= 0.3 is 0 Å². The van der Waals surface area contributed by atoms with E-state index in [1.165, 1.54) is 5.56 Å². The monoisotopic (exact) mass is 308 g/mol. The van der Waals surface area contributed by atoms with Crippen molar-refractivity contribution in [2.24, 2.45) is 0 Å². The summed E-state index contributed by atoms with van der Waals surface area (Å²) in [5.41, 5.74) is 2.26. The quantitative estimate of drug-likeness (QED) is 0.782. The summed E-state index contributed by atoms with van der Waals surface area (Å²) in [6.07, 6.45) is 0. The molecule has 2 aromatic rings. The Hall–Kier alpha value is -0.930. The van der Waals surface area contributed by atoms with Crippen molar-refractivity contribution < 1.29 is 4.21 Å². The molecule has 0 N–H and O–H groups in total. The van der Waals surface area contributed by atoms with Crippen molar-refractivity contribution in [1.29, 1.82) is 0 Å². The first-order valence-electron chi connectivity index (χ1n) is 5.34. The summed E-state index contributed by atoms with van der Waals surface area (Å²) in [7, 11) is -1.10. The second-order valence-corrected chi connectivity index (χ2v) is 5.83. The second-order valence-electron chi connectivity index (χ2n) is 3.82. The SMILES string of the molecule is Cc1ccc(S(=O)c2ccccc2CBr)cc1. The van der Waals surface area contributed by atoms with Gasteiger partial charge in [-0.25, -0.2) is 4.21 Å². The van der Waals surface area contributed by atoms with Crippen molar-refractivity contribution in [2.75, 3.05) is 0 Å². The van der Waals surface area contributed by atoms with E-state index in [0.29, 0.717) is 0 Å². The molecule has 1 atom stereocenters. The van der Waals surface area contributed by atoms with Crippen LogP contribution in [-0.2, 0) is 16.1 Å². The van der Waals surface area contributed by atoms with E-state index in [4.69, 9.17) is 0 Å². The molecule has 0 saturated heterocycles. The zero-order chi connectivity index (χ0) is 12.3. The van der Waals surface area contributed by atoms with Crippen LogP contribution in [0.4, 0.5) is 0 Å². The fraction of sp³-hybridized carbons (Fsp3) is 0.143. The van der Waals surface area contributed by atoms with Crippen LogP contribution in [0.1, 0.15) is 11.1 Å². The summed E-state index contributed by atoms with van der Waals surface area (Å²) in [6, 6.07) is 15.6. The molecule has 0 amide bonds. The molecule has 17 heavy (non-hydrogen) atoms. The second kappa shape index (κ2) is 5.61. The average Bonchev–Trinajstić information content (AvgIpc) is 2.39. The Balaban J connectivity index is 2.40. The van der Waals surface area contributed by atoms with Crippen molar-refractivity contribution in [3.8, 4) is 0 Å². The summed E-state index contributed by atoms with van der Waals surface area (Å²) >= 11 is 3.43. The summed E-state index contributed by atoms with van der Waals surface area (Å²) in [5, 5.41) is 0.723. The maximum Gasteiger partial charge on any atom is 0.0852 e. The van der Waals surface area contributed by atoms with Crippen LogP contribution in [0, 0.1) is 6.92 Å². The zero-order valence-electron chi connectivity index (χ0n) is 9.52. The van der Waals surface area contributed by atoms with Crippen molar-refractivity contribution >= 4 is 26.7 Å². The van der Waals surface area contributed by atoms with Crippen molar-refractivity contribution in [3.63, 3.8) is 0 Å². The predicted octanol–water partition coefficient (Wildman–Crippen LogP) is 4.06. The minimum Gasteiger partial charge on any atom is -0.249 e. The first kappa shape index (κ1) is 12.5. The molecule has 2 rings (SSSR count). The van der Waals surface area contributed by atoms with Crippen molar-refractivity contribution in [3.05, 3.63) is 59.7 Å². The minimum atomic E-state index is -1.10. The summed E-state index contributed by atoms with van der Waals surface area (Å²) in [5.74, 6) is 0. The van der Waals surface area contributed by atoms with Gasteiger partial charge in [0.05, 0.1) is 10.8 Å². The molecule has 0 heterocycles. The van der Waals surface area contributed by atoms with Crippen LogP contribution in [0.2, 0.25) is 0 Å². The largest absolute Gasteiger partial charge is 0.249 e. The Bertz CT molecular complexity index is 534. The summed E-state index contributed by atoms with van der Waals surface area (Å²) in [4.78, 5) is 1.73. The Morgan fingerprint density at radius 2 is 1.71 bits per heavy atom. The van der Waals surface area contributed by atoms with Crippen molar-refractivity contribution in [1.82, 2.24) is 0 Å². The minimum absolute atomic E-state index is 0.723. The Morgan fingerprint density at radius 1 is 1.06 bits per heavy atom. The van der Waals surface area contributed by atoms with Crippen LogP contribution >= 0.6 is 15.9 Å². The molecule has 2 aromatic carbocycles. The third-order valence-electron chi connectivity index (χ3n) is 2.55. The molecular formula is C14H13BrOS. The van der Waals surface area contributed by atoms with Gasteiger partial charge in [-0.05, 0) is 30.7 Å². The van der Waals surface area contributed by atoms with Gasteiger partial charge in [0, 0.05) is 15.1 Å². The summed E-state index contributed by atoms with van der Waals surface area (Å²) < 4.78 is 12.4. The lowest BCUT2D eigenvalue weighted by Crippen LogP contribution is -1.96. The third-order valence-corrected chi connectivity index (χ3v) is 4.65. The molecule has 88 valence electrons. The number of benzene rings is 2. The molecule has 1 unspecified atom stereocenters. The van der Waals surface area contributed by atoms with E-state index in [1.54, 1.807) is 0 Å². The van der Waals surface area contributed by atoms with E-state index in [-0.39, 0.29) is 0 Å². The Morgan fingerprint density at radius 3 is 2.35 bits per heavy atom. The molecule has 0 fully saturated rings. The maximum atomic E-state index is 12.4. The van der Waals surface area contributed by atoms with Gasteiger partial charge < -0.3 is 0 Å². The highest BCUT2D eigenvalue weighted by molar-refractivity contribution is 9.08. The van der Waals surface area contributed by atoms with Gasteiger partial charge in [0.2, 0.25) is 0 Å². The molecule has 0 saturated carbocycles. The highest BCUT2D eigenvalue weighted by Gasteiger charge is 2.10. The van der Waals surface area contributed by atoms with Crippen LogP contribution in [0.15, 0.2) is 58.3 Å². The molecule has 0 spiro atoms.